The fraction of sp³-hybridized carbons (Fsp3) is 0.500. The van der Waals surface area contributed by atoms with E-state index in [1.807, 2.05) is 11.8 Å². The first-order valence-corrected chi connectivity index (χ1v) is 8.70. The van der Waals surface area contributed by atoms with Crippen molar-refractivity contribution in [2.24, 2.45) is 0 Å². The summed E-state index contributed by atoms with van der Waals surface area (Å²) in [7, 11) is 0. The van der Waals surface area contributed by atoms with Crippen molar-refractivity contribution < 1.29 is 4.79 Å². The van der Waals surface area contributed by atoms with Crippen molar-refractivity contribution >= 4 is 23.5 Å². The Morgan fingerprint density at radius 2 is 2.28 bits per heavy atom. The van der Waals surface area contributed by atoms with Crippen LogP contribution in [-0.4, -0.2) is 50.2 Å². The van der Waals surface area contributed by atoms with E-state index in [4.69, 9.17) is 11.6 Å². The molecule has 0 radical (unpaired) electrons. The summed E-state index contributed by atoms with van der Waals surface area (Å²) in [6, 6.07) is 1.49. The third-order valence-corrected chi connectivity index (χ3v) is 4.37. The number of anilines is 1. The molecule has 0 aromatic carbocycles. The van der Waals surface area contributed by atoms with Gasteiger partial charge in [-0.2, -0.15) is 5.10 Å². The molecule has 2 aromatic rings. The summed E-state index contributed by atoms with van der Waals surface area (Å²) in [5.74, 6) is 0.599. The van der Waals surface area contributed by atoms with Crippen LogP contribution < -0.4 is 10.9 Å². The van der Waals surface area contributed by atoms with E-state index in [9.17, 15) is 9.59 Å². The number of halogens is 1. The van der Waals surface area contributed by atoms with E-state index < -0.39 is 0 Å². The molecule has 3 rings (SSSR count). The number of hydrogen-bond acceptors (Lipinski definition) is 5. The molecule has 0 saturated carbocycles. The van der Waals surface area contributed by atoms with Gasteiger partial charge in [0.15, 0.2) is 0 Å². The van der Waals surface area contributed by atoms with Crippen LogP contribution in [0.1, 0.15) is 31.4 Å². The predicted molar refractivity (Wildman–Crippen MR) is 94.8 cm³/mol. The third-order valence-electron chi connectivity index (χ3n) is 4.17. The van der Waals surface area contributed by atoms with Gasteiger partial charge in [0.1, 0.15) is 0 Å². The minimum Gasteiger partial charge on any atom is -0.354 e. The summed E-state index contributed by atoms with van der Waals surface area (Å²) in [5.41, 5.74) is 0.463. The number of nitrogens with one attached hydrogen (secondary N) is 2. The maximum Gasteiger partial charge on any atom is 0.252 e. The van der Waals surface area contributed by atoms with Crippen LogP contribution in [-0.2, 0) is 11.3 Å². The molecule has 1 aliphatic heterocycles. The van der Waals surface area contributed by atoms with Crippen molar-refractivity contribution in [1.29, 1.82) is 0 Å². The first-order chi connectivity index (χ1) is 12.0. The second-order valence-corrected chi connectivity index (χ2v) is 6.65. The van der Waals surface area contributed by atoms with Crippen LogP contribution in [0.25, 0.3) is 0 Å². The standard InChI is InChI=1S/C16H21ClN6O2/c1-11(9-23-10-12(17)8-19-23)13-7-14(24)21-16(20-13)18-4-6-22-5-2-3-15(22)25/h7-8,10-11H,2-6,9H2,1H3,(H2,18,20,21,24)/t11-/m1/s1. The number of carbonyl (C=O) groups excluding carboxylic acids is 1. The molecule has 2 N–H and O–H groups in total. The zero-order chi connectivity index (χ0) is 17.8. The molecule has 3 heterocycles. The Kier molecular flexibility index (Phi) is 5.37. The Hall–Kier alpha value is -2.35. The van der Waals surface area contributed by atoms with Crippen LogP contribution in [0.4, 0.5) is 5.95 Å². The van der Waals surface area contributed by atoms with E-state index in [2.05, 4.69) is 20.4 Å². The fourth-order valence-electron chi connectivity index (χ4n) is 2.87. The topological polar surface area (TPSA) is 95.9 Å². The lowest BCUT2D eigenvalue weighted by atomic mass is 10.1. The van der Waals surface area contributed by atoms with Crippen LogP contribution in [0, 0.1) is 0 Å². The van der Waals surface area contributed by atoms with Crippen LogP contribution >= 0.6 is 11.6 Å². The molecule has 0 bridgehead atoms. The highest BCUT2D eigenvalue weighted by molar-refractivity contribution is 6.30. The van der Waals surface area contributed by atoms with Crippen LogP contribution in [0.3, 0.4) is 0 Å². The van der Waals surface area contributed by atoms with Gasteiger partial charge in [0.05, 0.1) is 16.9 Å². The van der Waals surface area contributed by atoms with E-state index in [0.29, 0.717) is 42.7 Å². The van der Waals surface area contributed by atoms with Gasteiger partial charge >= 0.3 is 0 Å². The fourth-order valence-corrected chi connectivity index (χ4v) is 3.03. The van der Waals surface area contributed by atoms with Gasteiger partial charge in [0.2, 0.25) is 11.9 Å². The van der Waals surface area contributed by atoms with E-state index in [-0.39, 0.29) is 17.4 Å². The highest BCUT2D eigenvalue weighted by Crippen LogP contribution is 2.16. The number of carbonyl (C=O) groups is 1. The SMILES string of the molecule is C[C@H](Cn1cc(Cl)cn1)c1cc(=O)[nH]c(NCCN2CCCC2=O)n1. The lowest BCUT2D eigenvalue weighted by molar-refractivity contribution is -0.127. The quantitative estimate of drug-likeness (QED) is 0.775. The third kappa shape index (κ3) is 4.60. The number of rotatable bonds is 7. The van der Waals surface area contributed by atoms with Crippen molar-refractivity contribution in [2.45, 2.75) is 32.2 Å². The Balaban J connectivity index is 1.61. The van der Waals surface area contributed by atoms with Crippen molar-refractivity contribution in [3.63, 3.8) is 0 Å². The lowest BCUT2D eigenvalue weighted by Gasteiger charge is -2.16. The summed E-state index contributed by atoms with van der Waals surface area (Å²) in [5, 5.41) is 7.81. The normalized spacial score (nSPS) is 15.6. The van der Waals surface area contributed by atoms with Crippen molar-refractivity contribution in [1.82, 2.24) is 24.6 Å². The second-order valence-electron chi connectivity index (χ2n) is 6.21. The van der Waals surface area contributed by atoms with Gasteiger partial charge < -0.3 is 10.2 Å². The number of aromatic nitrogens is 4. The first-order valence-electron chi connectivity index (χ1n) is 8.32. The average molecular weight is 365 g/mol. The molecule has 1 saturated heterocycles. The van der Waals surface area contributed by atoms with E-state index in [1.165, 1.54) is 6.07 Å². The van der Waals surface area contributed by atoms with Crippen LogP contribution in [0.2, 0.25) is 5.02 Å². The number of likely N-dealkylation sites (tertiary alicyclic amines) is 1. The van der Waals surface area contributed by atoms with Gasteiger partial charge in [-0.15, -0.1) is 0 Å². The molecule has 2 aromatic heterocycles. The Bertz CT molecular complexity index is 802. The molecular formula is C16H21ClN6O2. The van der Waals surface area contributed by atoms with E-state index in [1.54, 1.807) is 17.1 Å². The summed E-state index contributed by atoms with van der Waals surface area (Å²) in [4.78, 5) is 32.5. The van der Waals surface area contributed by atoms with E-state index in [0.717, 1.165) is 13.0 Å². The summed E-state index contributed by atoms with van der Waals surface area (Å²) >= 11 is 5.87. The lowest BCUT2D eigenvalue weighted by Crippen LogP contribution is -2.30. The monoisotopic (exact) mass is 364 g/mol. The van der Waals surface area contributed by atoms with Gasteiger partial charge in [0, 0.05) is 50.8 Å². The van der Waals surface area contributed by atoms with Crippen LogP contribution in [0.5, 0.6) is 0 Å². The molecular weight excluding hydrogens is 344 g/mol. The zero-order valence-electron chi connectivity index (χ0n) is 14.0. The molecule has 9 heteroatoms. The minimum atomic E-state index is -0.213. The Morgan fingerprint density at radius 3 is 2.96 bits per heavy atom. The number of aromatic amines is 1. The Morgan fingerprint density at radius 1 is 1.44 bits per heavy atom. The summed E-state index contributed by atoms with van der Waals surface area (Å²) in [6.07, 6.45) is 4.85. The predicted octanol–water partition coefficient (Wildman–Crippen LogP) is 1.46. The molecule has 1 aliphatic rings. The van der Waals surface area contributed by atoms with Gasteiger partial charge in [-0.1, -0.05) is 18.5 Å². The average Bonchev–Trinajstić information content (AvgIpc) is 3.15. The highest BCUT2D eigenvalue weighted by Gasteiger charge is 2.19. The van der Waals surface area contributed by atoms with Crippen molar-refractivity contribution in [3.05, 3.63) is 39.5 Å². The molecule has 0 spiro atoms. The molecule has 134 valence electrons. The van der Waals surface area contributed by atoms with Crippen molar-refractivity contribution in [3.8, 4) is 0 Å². The Labute approximate surface area is 150 Å². The molecule has 0 aliphatic carbocycles. The zero-order valence-corrected chi connectivity index (χ0v) is 14.8. The number of hydrogen-bond donors (Lipinski definition) is 2. The maximum absolute atomic E-state index is 11.9. The number of H-pyrrole nitrogens is 1. The molecule has 1 amide bonds. The number of nitrogens with zero attached hydrogens (tertiary/aromatic N) is 4. The van der Waals surface area contributed by atoms with Gasteiger partial charge in [-0.25, -0.2) is 4.98 Å². The molecule has 0 unspecified atom stereocenters. The summed E-state index contributed by atoms with van der Waals surface area (Å²) in [6.45, 7) is 4.50. The van der Waals surface area contributed by atoms with E-state index >= 15 is 0 Å². The largest absolute Gasteiger partial charge is 0.354 e. The molecule has 25 heavy (non-hydrogen) atoms. The minimum absolute atomic E-state index is 0.000948. The highest BCUT2D eigenvalue weighted by atomic mass is 35.5. The molecule has 8 nitrogen and oxygen atoms in total. The maximum atomic E-state index is 11.9. The van der Waals surface area contributed by atoms with Gasteiger partial charge in [-0.05, 0) is 6.42 Å². The van der Waals surface area contributed by atoms with Crippen LogP contribution in [0.15, 0.2) is 23.3 Å². The summed E-state index contributed by atoms with van der Waals surface area (Å²) < 4.78 is 1.72. The first kappa shape index (κ1) is 17.5. The molecule has 1 atom stereocenters. The molecule has 1 fully saturated rings. The van der Waals surface area contributed by atoms with Crippen molar-refractivity contribution in [2.75, 3.05) is 25.0 Å². The van der Waals surface area contributed by atoms with Gasteiger partial charge in [-0.3, -0.25) is 19.3 Å². The smallest absolute Gasteiger partial charge is 0.252 e. The number of amides is 1. The second kappa shape index (κ2) is 7.69. The van der Waals surface area contributed by atoms with Gasteiger partial charge in [0.25, 0.3) is 5.56 Å².